The van der Waals surface area contributed by atoms with Gasteiger partial charge in [0.15, 0.2) is 17.5 Å². The maximum atomic E-state index is 5.81. The molecular formula is C23H39N3O4. The van der Waals surface area contributed by atoms with Crippen LogP contribution in [0.5, 0.6) is 11.5 Å². The quantitative estimate of drug-likeness (QED) is 0.290. The Morgan fingerprint density at radius 3 is 2.53 bits per heavy atom. The molecule has 0 saturated carbocycles. The molecule has 0 atom stereocenters. The molecule has 7 heteroatoms. The first kappa shape index (κ1) is 24.3. The van der Waals surface area contributed by atoms with Crippen molar-refractivity contribution in [1.82, 2.24) is 10.6 Å². The van der Waals surface area contributed by atoms with Crippen molar-refractivity contribution in [2.45, 2.75) is 39.5 Å². The summed E-state index contributed by atoms with van der Waals surface area (Å²) in [4.78, 5) is 4.29. The minimum Gasteiger partial charge on any atom is -0.490 e. The fraction of sp³-hybridized carbons (Fsp3) is 0.696. The normalized spacial score (nSPS) is 15.1. The fourth-order valence-electron chi connectivity index (χ4n) is 3.34. The van der Waals surface area contributed by atoms with Gasteiger partial charge in [0.1, 0.15) is 0 Å². The number of hydrogen-bond donors (Lipinski definition) is 2. The third kappa shape index (κ3) is 9.22. The van der Waals surface area contributed by atoms with E-state index >= 15 is 0 Å². The number of aliphatic imine (C=N–C) groups is 1. The van der Waals surface area contributed by atoms with Gasteiger partial charge in [-0.2, -0.15) is 0 Å². The van der Waals surface area contributed by atoms with Crippen molar-refractivity contribution in [2.75, 3.05) is 59.8 Å². The summed E-state index contributed by atoms with van der Waals surface area (Å²) in [5.74, 6) is 3.08. The van der Waals surface area contributed by atoms with Gasteiger partial charge in [0.2, 0.25) is 0 Å². The van der Waals surface area contributed by atoms with Crippen LogP contribution in [0.4, 0.5) is 0 Å². The topological polar surface area (TPSA) is 73.3 Å². The molecule has 1 aliphatic heterocycles. The molecule has 0 aromatic heterocycles. The zero-order chi connectivity index (χ0) is 21.4. The summed E-state index contributed by atoms with van der Waals surface area (Å²) in [5.41, 5.74) is 1.20. The predicted molar refractivity (Wildman–Crippen MR) is 121 cm³/mol. The lowest BCUT2D eigenvalue weighted by molar-refractivity contribution is 0.0203. The van der Waals surface area contributed by atoms with Gasteiger partial charge in [0.25, 0.3) is 0 Å². The van der Waals surface area contributed by atoms with Crippen molar-refractivity contribution < 1.29 is 18.9 Å². The van der Waals surface area contributed by atoms with Crippen LogP contribution in [0.15, 0.2) is 23.2 Å². The third-order valence-corrected chi connectivity index (χ3v) is 4.99. The Balaban J connectivity index is 1.61. The van der Waals surface area contributed by atoms with Crippen LogP contribution < -0.4 is 20.1 Å². The molecule has 0 radical (unpaired) electrons. The summed E-state index contributed by atoms with van der Waals surface area (Å²) < 4.78 is 22.5. The number of ether oxygens (including phenoxy) is 4. The van der Waals surface area contributed by atoms with E-state index in [1.165, 1.54) is 5.56 Å². The minimum absolute atomic E-state index is 0.622. The van der Waals surface area contributed by atoms with E-state index in [-0.39, 0.29) is 0 Å². The molecule has 0 amide bonds. The van der Waals surface area contributed by atoms with Gasteiger partial charge in [-0.25, -0.2) is 0 Å². The molecule has 0 unspecified atom stereocenters. The second-order valence-electron chi connectivity index (χ2n) is 7.31. The minimum atomic E-state index is 0.622. The van der Waals surface area contributed by atoms with Gasteiger partial charge in [0.05, 0.1) is 13.2 Å². The number of nitrogens with one attached hydrogen (secondary N) is 2. The number of hydrogen-bond acceptors (Lipinski definition) is 5. The van der Waals surface area contributed by atoms with Crippen molar-refractivity contribution in [3.8, 4) is 11.5 Å². The number of benzene rings is 1. The van der Waals surface area contributed by atoms with Crippen LogP contribution in [0, 0.1) is 5.92 Å². The van der Waals surface area contributed by atoms with E-state index < -0.39 is 0 Å². The number of guanidine groups is 1. The highest BCUT2D eigenvalue weighted by molar-refractivity contribution is 5.79. The molecule has 0 aliphatic carbocycles. The third-order valence-electron chi connectivity index (χ3n) is 4.99. The molecule has 2 rings (SSSR count). The van der Waals surface area contributed by atoms with Crippen molar-refractivity contribution in [3.63, 3.8) is 0 Å². The highest BCUT2D eigenvalue weighted by Gasteiger charge is 2.13. The molecule has 2 N–H and O–H groups in total. The molecular weight excluding hydrogens is 382 g/mol. The maximum absolute atomic E-state index is 5.81. The zero-order valence-electron chi connectivity index (χ0n) is 18.9. The Labute approximate surface area is 181 Å². The van der Waals surface area contributed by atoms with Gasteiger partial charge in [-0.05, 0) is 63.1 Å². The first-order chi connectivity index (χ1) is 14.8. The predicted octanol–water partition coefficient (Wildman–Crippen LogP) is 3.02. The fourth-order valence-corrected chi connectivity index (χ4v) is 3.34. The first-order valence-corrected chi connectivity index (χ1v) is 11.2. The molecule has 1 aromatic rings. The summed E-state index contributed by atoms with van der Waals surface area (Å²) in [7, 11) is 1.79. The van der Waals surface area contributed by atoms with Gasteiger partial charge in [-0.3, -0.25) is 4.99 Å². The Kier molecular flexibility index (Phi) is 12.1. The van der Waals surface area contributed by atoms with Crippen LogP contribution in [0.2, 0.25) is 0 Å². The van der Waals surface area contributed by atoms with Gasteiger partial charge >= 0.3 is 0 Å². The molecule has 1 saturated heterocycles. The largest absolute Gasteiger partial charge is 0.490 e. The van der Waals surface area contributed by atoms with E-state index in [4.69, 9.17) is 18.9 Å². The van der Waals surface area contributed by atoms with Crippen molar-refractivity contribution in [3.05, 3.63) is 23.8 Å². The van der Waals surface area contributed by atoms with Crippen LogP contribution in [0.25, 0.3) is 0 Å². The Morgan fingerprint density at radius 2 is 1.80 bits per heavy atom. The highest BCUT2D eigenvalue weighted by atomic mass is 16.5. The Bertz CT molecular complexity index is 618. The molecule has 1 fully saturated rings. The molecule has 1 heterocycles. The smallest absolute Gasteiger partial charge is 0.190 e. The Morgan fingerprint density at radius 1 is 1.07 bits per heavy atom. The SMILES string of the molecule is CCOc1ccc(CCNC(=NC)NCCCOCC2CCOCC2)cc1OCC. The average molecular weight is 422 g/mol. The average Bonchev–Trinajstić information content (AvgIpc) is 2.77. The molecule has 30 heavy (non-hydrogen) atoms. The van der Waals surface area contributed by atoms with Crippen molar-refractivity contribution >= 4 is 5.96 Å². The molecule has 0 spiro atoms. The van der Waals surface area contributed by atoms with Crippen molar-refractivity contribution in [2.24, 2.45) is 10.9 Å². The van der Waals surface area contributed by atoms with Crippen LogP contribution in [0.3, 0.4) is 0 Å². The molecule has 1 aromatic carbocycles. The second kappa shape index (κ2) is 14.9. The zero-order valence-corrected chi connectivity index (χ0v) is 18.9. The lowest BCUT2D eigenvalue weighted by atomic mass is 10.0. The van der Waals surface area contributed by atoms with E-state index in [0.29, 0.717) is 19.1 Å². The second-order valence-corrected chi connectivity index (χ2v) is 7.31. The molecule has 7 nitrogen and oxygen atoms in total. The van der Waals surface area contributed by atoms with Crippen LogP contribution in [-0.2, 0) is 15.9 Å². The highest BCUT2D eigenvalue weighted by Crippen LogP contribution is 2.28. The number of nitrogens with zero attached hydrogens (tertiary/aromatic N) is 1. The summed E-state index contributed by atoms with van der Waals surface area (Å²) in [6, 6.07) is 6.13. The Hall–Kier alpha value is -1.99. The summed E-state index contributed by atoms with van der Waals surface area (Å²) in [5, 5.41) is 6.71. The van der Waals surface area contributed by atoms with Crippen LogP contribution >= 0.6 is 0 Å². The first-order valence-electron chi connectivity index (χ1n) is 11.2. The van der Waals surface area contributed by atoms with E-state index in [1.807, 2.05) is 19.9 Å². The van der Waals surface area contributed by atoms with Gasteiger partial charge < -0.3 is 29.6 Å². The maximum Gasteiger partial charge on any atom is 0.190 e. The van der Waals surface area contributed by atoms with Crippen LogP contribution in [-0.4, -0.2) is 65.7 Å². The standard InChI is InChI=1S/C23H39N3O4/c1-4-29-21-8-7-19(17-22(21)30-5-2)9-13-26-23(24-3)25-12-6-14-28-18-20-10-15-27-16-11-20/h7-8,17,20H,4-6,9-16,18H2,1-3H3,(H2,24,25,26). The van der Waals surface area contributed by atoms with Crippen molar-refractivity contribution in [1.29, 1.82) is 0 Å². The van der Waals surface area contributed by atoms with E-state index in [1.54, 1.807) is 7.05 Å². The van der Waals surface area contributed by atoms with Gasteiger partial charge in [-0.1, -0.05) is 6.07 Å². The van der Waals surface area contributed by atoms with E-state index in [9.17, 15) is 0 Å². The van der Waals surface area contributed by atoms with E-state index in [2.05, 4.69) is 27.8 Å². The van der Waals surface area contributed by atoms with Gasteiger partial charge in [0, 0.05) is 46.6 Å². The number of rotatable bonds is 13. The lowest BCUT2D eigenvalue weighted by Crippen LogP contribution is -2.39. The lowest BCUT2D eigenvalue weighted by Gasteiger charge is -2.21. The monoisotopic (exact) mass is 421 g/mol. The summed E-state index contributed by atoms with van der Waals surface area (Å²) >= 11 is 0. The molecule has 0 bridgehead atoms. The summed E-state index contributed by atoms with van der Waals surface area (Å²) in [6.07, 6.45) is 4.08. The molecule has 170 valence electrons. The van der Waals surface area contributed by atoms with Gasteiger partial charge in [-0.15, -0.1) is 0 Å². The summed E-state index contributed by atoms with van der Waals surface area (Å²) in [6.45, 7) is 10.2. The van der Waals surface area contributed by atoms with E-state index in [0.717, 1.165) is 82.7 Å². The molecule has 1 aliphatic rings. The van der Waals surface area contributed by atoms with Crippen LogP contribution in [0.1, 0.15) is 38.7 Å².